The molecule has 6 rings (SSSR count). The number of carbonyl (C=O) groups excluding carboxylic acids is 2. The first-order chi connectivity index (χ1) is 17.4. The van der Waals surface area contributed by atoms with Gasteiger partial charge in [0.1, 0.15) is 6.54 Å². The predicted octanol–water partition coefficient (Wildman–Crippen LogP) is 6.67. The number of anilines is 1. The number of ether oxygens (including phenoxy) is 1. The van der Waals surface area contributed by atoms with Crippen LogP contribution in [-0.4, -0.2) is 22.9 Å². The molecule has 0 fully saturated rings. The highest BCUT2D eigenvalue weighted by Crippen LogP contribution is 2.52. The third-order valence-electron chi connectivity index (χ3n) is 7.47. The van der Waals surface area contributed by atoms with Crippen molar-refractivity contribution in [2.24, 2.45) is 5.41 Å². The van der Waals surface area contributed by atoms with E-state index in [0.29, 0.717) is 13.0 Å². The lowest BCUT2D eigenvalue weighted by Crippen LogP contribution is -2.33. The standard InChI is InChI=1S/C31H30N2O3/c1-4-36-27(35)18-33-17-23(21-11-7-8-12-25(21)33)30-29-22(15-31(2,3)16-26(29)34)28-20-10-6-5-9-19(20)13-14-24(28)32-30/h5-14,17,30,32H,4,15-16,18H2,1-3H3/t30-/m0/s1. The Balaban J connectivity index is 1.58. The fourth-order valence-corrected chi connectivity index (χ4v) is 6.05. The Morgan fingerprint density at radius 1 is 1.03 bits per heavy atom. The molecule has 36 heavy (non-hydrogen) atoms. The molecular weight excluding hydrogens is 448 g/mol. The van der Waals surface area contributed by atoms with Crippen LogP contribution in [0.15, 0.2) is 72.4 Å². The van der Waals surface area contributed by atoms with Crippen LogP contribution in [0, 0.1) is 5.41 Å². The van der Waals surface area contributed by atoms with E-state index < -0.39 is 0 Å². The van der Waals surface area contributed by atoms with Gasteiger partial charge in [0, 0.05) is 45.9 Å². The summed E-state index contributed by atoms with van der Waals surface area (Å²) in [4.78, 5) is 26.2. The third-order valence-corrected chi connectivity index (χ3v) is 7.47. The Morgan fingerprint density at radius 2 is 1.78 bits per heavy atom. The lowest BCUT2D eigenvalue weighted by molar-refractivity contribution is -0.143. The number of para-hydroxylation sites is 1. The molecule has 0 spiro atoms. The molecule has 0 saturated heterocycles. The van der Waals surface area contributed by atoms with Crippen molar-refractivity contribution in [2.75, 3.05) is 11.9 Å². The van der Waals surface area contributed by atoms with E-state index in [9.17, 15) is 9.59 Å². The first-order valence-corrected chi connectivity index (χ1v) is 12.6. The van der Waals surface area contributed by atoms with E-state index in [4.69, 9.17) is 4.74 Å². The van der Waals surface area contributed by atoms with Crippen molar-refractivity contribution in [3.8, 4) is 0 Å². The van der Waals surface area contributed by atoms with Crippen molar-refractivity contribution in [1.82, 2.24) is 4.57 Å². The molecular formula is C31H30N2O3. The zero-order valence-corrected chi connectivity index (χ0v) is 20.9. The number of fused-ring (bicyclic) bond motifs is 5. The van der Waals surface area contributed by atoms with Crippen molar-refractivity contribution in [1.29, 1.82) is 0 Å². The third kappa shape index (κ3) is 3.62. The average Bonchev–Trinajstić information content (AvgIpc) is 3.20. The average molecular weight is 479 g/mol. The Bertz CT molecular complexity index is 1570. The van der Waals surface area contributed by atoms with Gasteiger partial charge in [-0.05, 0) is 47.2 Å². The van der Waals surface area contributed by atoms with E-state index >= 15 is 0 Å². The summed E-state index contributed by atoms with van der Waals surface area (Å²) in [5.41, 5.74) is 6.06. The number of hydrogen-bond donors (Lipinski definition) is 1. The molecule has 0 bridgehead atoms. The van der Waals surface area contributed by atoms with Crippen molar-refractivity contribution < 1.29 is 14.3 Å². The van der Waals surface area contributed by atoms with Crippen LogP contribution in [0.3, 0.4) is 0 Å². The molecule has 5 heteroatoms. The summed E-state index contributed by atoms with van der Waals surface area (Å²) >= 11 is 0. The van der Waals surface area contributed by atoms with Crippen LogP contribution in [0.2, 0.25) is 0 Å². The van der Waals surface area contributed by atoms with E-state index in [1.807, 2.05) is 35.9 Å². The topological polar surface area (TPSA) is 60.3 Å². The first kappa shape index (κ1) is 22.6. The predicted molar refractivity (Wildman–Crippen MR) is 144 cm³/mol. The summed E-state index contributed by atoms with van der Waals surface area (Å²) in [6, 6.07) is 20.5. The number of esters is 1. The van der Waals surface area contributed by atoms with Gasteiger partial charge >= 0.3 is 5.97 Å². The fraction of sp³-hybridized carbons (Fsp3) is 0.290. The minimum Gasteiger partial charge on any atom is -0.465 e. The lowest BCUT2D eigenvalue weighted by Gasteiger charge is -2.40. The van der Waals surface area contributed by atoms with Gasteiger partial charge in [0.15, 0.2) is 5.78 Å². The zero-order chi connectivity index (χ0) is 25.0. The lowest BCUT2D eigenvalue weighted by atomic mass is 9.68. The fourth-order valence-electron chi connectivity index (χ4n) is 6.05. The highest BCUT2D eigenvalue weighted by Gasteiger charge is 2.41. The smallest absolute Gasteiger partial charge is 0.325 e. The van der Waals surface area contributed by atoms with Crippen LogP contribution in [0.25, 0.3) is 27.2 Å². The minimum absolute atomic E-state index is 0.107. The summed E-state index contributed by atoms with van der Waals surface area (Å²) in [5.74, 6) is -0.0758. The summed E-state index contributed by atoms with van der Waals surface area (Å²) < 4.78 is 7.17. The summed E-state index contributed by atoms with van der Waals surface area (Å²) in [6.45, 7) is 6.66. The second-order valence-electron chi connectivity index (χ2n) is 10.7. The van der Waals surface area contributed by atoms with Gasteiger partial charge in [-0.3, -0.25) is 9.59 Å². The molecule has 1 N–H and O–H groups in total. The summed E-state index contributed by atoms with van der Waals surface area (Å²) in [7, 11) is 0. The molecule has 0 saturated carbocycles. The SMILES string of the molecule is CCOC(=O)Cn1cc([C@@H]2Nc3ccc4ccccc4c3C3=C2C(=O)CC(C)(C)C3)c2ccccc21. The molecule has 5 nitrogen and oxygen atoms in total. The van der Waals surface area contributed by atoms with Crippen molar-refractivity contribution >= 4 is 44.7 Å². The maximum atomic E-state index is 13.8. The second-order valence-corrected chi connectivity index (χ2v) is 10.7. The summed E-state index contributed by atoms with van der Waals surface area (Å²) in [6.07, 6.45) is 3.38. The number of hydrogen-bond acceptors (Lipinski definition) is 4. The number of carbonyl (C=O) groups is 2. The van der Waals surface area contributed by atoms with Crippen LogP contribution >= 0.6 is 0 Å². The van der Waals surface area contributed by atoms with Gasteiger partial charge in [0.25, 0.3) is 0 Å². The first-order valence-electron chi connectivity index (χ1n) is 12.6. The molecule has 2 aliphatic rings. The molecule has 0 unspecified atom stereocenters. The number of ketones is 1. The van der Waals surface area contributed by atoms with Crippen molar-refractivity contribution in [2.45, 2.75) is 46.2 Å². The molecule has 1 aliphatic heterocycles. The van der Waals surface area contributed by atoms with Crippen LogP contribution in [0.1, 0.15) is 50.8 Å². The summed E-state index contributed by atoms with van der Waals surface area (Å²) in [5, 5.41) is 7.11. The molecule has 2 heterocycles. The molecule has 0 amide bonds. The van der Waals surface area contributed by atoms with Gasteiger partial charge in [-0.1, -0.05) is 62.4 Å². The quantitative estimate of drug-likeness (QED) is 0.333. The largest absolute Gasteiger partial charge is 0.465 e. The second kappa shape index (κ2) is 8.37. The maximum absolute atomic E-state index is 13.8. The van der Waals surface area contributed by atoms with Gasteiger partial charge in [0.2, 0.25) is 0 Å². The highest BCUT2D eigenvalue weighted by molar-refractivity contribution is 6.13. The van der Waals surface area contributed by atoms with E-state index in [1.54, 1.807) is 0 Å². The number of Topliss-reactive ketones (excluding diaryl/α,β-unsaturated/α-hetero) is 1. The molecule has 182 valence electrons. The maximum Gasteiger partial charge on any atom is 0.325 e. The molecule has 1 aromatic heterocycles. The van der Waals surface area contributed by atoms with E-state index in [-0.39, 0.29) is 29.8 Å². The molecule has 1 atom stereocenters. The molecule has 1 aliphatic carbocycles. The zero-order valence-electron chi connectivity index (χ0n) is 20.9. The van der Waals surface area contributed by atoms with E-state index in [0.717, 1.165) is 45.3 Å². The monoisotopic (exact) mass is 478 g/mol. The van der Waals surface area contributed by atoms with Crippen LogP contribution < -0.4 is 5.32 Å². The number of nitrogens with zero attached hydrogens (tertiary/aromatic N) is 1. The number of aromatic nitrogens is 1. The molecule has 4 aromatic rings. The number of benzene rings is 3. The van der Waals surface area contributed by atoms with Crippen LogP contribution in [-0.2, 0) is 20.9 Å². The van der Waals surface area contributed by atoms with Crippen molar-refractivity contribution in [3.05, 3.63) is 83.6 Å². The Kier molecular flexibility index (Phi) is 5.25. The normalized spacial score (nSPS) is 18.6. The van der Waals surface area contributed by atoms with E-state index in [2.05, 4.69) is 61.6 Å². The number of allylic oxidation sites excluding steroid dienone is 1. The highest BCUT2D eigenvalue weighted by atomic mass is 16.5. The van der Waals surface area contributed by atoms with E-state index in [1.165, 1.54) is 10.8 Å². The van der Waals surface area contributed by atoms with Gasteiger partial charge in [-0.25, -0.2) is 0 Å². The molecule has 3 aromatic carbocycles. The van der Waals surface area contributed by atoms with Gasteiger partial charge in [-0.2, -0.15) is 0 Å². The van der Waals surface area contributed by atoms with Crippen LogP contribution in [0.5, 0.6) is 0 Å². The van der Waals surface area contributed by atoms with Gasteiger partial charge < -0.3 is 14.6 Å². The Morgan fingerprint density at radius 3 is 2.58 bits per heavy atom. The number of nitrogens with one attached hydrogen (secondary N) is 1. The Hall–Kier alpha value is -3.86. The number of rotatable bonds is 4. The van der Waals surface area contributed by atoms with Gasteiger partial charge in [-0.15, -0.1) is 0 Å². The molecule has 0 radical (unpaired) electrons. The van der Waals surface area contributed by atoms with Crippen LogP contribution in [0.4, 0.5) is 5.69 Å². The minimum atomic E-state index is -0.286. The Labute approximate surface area is 210 Å². The van der Waals surface area contributed by atoms with Gasteiger partial charge in [0.05, 0.1) is 12.6 Å². The van der Waals surface area contributed by atoms with Crippen molar-refractivity contribution in [3.63, 3.8) is 0 Å².